The lowest BCUT2D eigenvalue weighted by molar-refractivity contribution is 0.212. The molecular formula is C15H17NO3S. The minimum atomic E-state index is -3.73. The molecule has 0 bridgehead atoms. The third kappa shape index (κ3) is 2.51. The lowest BCUT2D eigenvalue weighted by atomic mass is 10.1. The molecule has 1 aliphatic carbocycles. The van der Waals surface area contributed by atoms with Gasteiger partial charge in [0.2, 0.25) is 10.0 Å². The number of primary sulfonamides is 1. The molecule has 0 radical (unpaired) electrons. The summed E-state index contributed by atoms with van der Waals surface area (Å²) in [6.45, 7) is 0. The van der Waals surface area contributed by atoms with Crippen LogP contribution in [0.3, 0.4) is 0 Å². The largest absolute Gasteiger partial charge is 0.490 e. The molecule has 2 N–H and O–H groups in total. The fraction of sp³-hybridized carbons (Fsp3) is 0.333. The highest BCUT2D eigenvalue weighted by Gasteiger charge is 2.19. The van der Waals surface area contributed by atoms with Crippen LogP contribution in [0.5, 0.6) is 5.75 Å². The van der Waals surface area contributed by atoms with Crippen LogP contribution in [0.15, 0.2) is 41.3 Å². The Hall–Kier alpha value is -1.59. The predicted molar refractivity (Wildman–Crippen MR) is 78.2 cm³/mol. The molecule has 106 valence electrons. The molecule has 0 aromatic heterocycles. The van der Waals surface area contributed by atoms with Crippen LogP contribution in [0.1, 0.15) is 25.7 Å². The van der Waals surface area contributed by atoms with Gasteiger partial charge in [0.25, 0.3) is 0 Å². The Balaban J connectivity index is 2.11. The zero-order chi connectivity index (χ0) is 14.2. The Kier molecular flexibility index (Phi) is 3.40. The quantitative estimate of drug-likeness (QED) is 0.945. The second kappa shape index (κ2) is 5.07. The maximum absolute atomic E-state index is 11.6. The number of rotatable bonds is 3. The lowest BCUT2D eigenvalue weighted by Gasteiger charge is -2.16. The highest BCUT2D eigenvalue weighted by molar-refractivity contribution is 7.89. The molecule has 2 aromatic rings. The van der Waals surface area contributed by atoms with E-state index in [2.05, 4.69) is 0 Å². The van der Waals surface area contributed by atoms with Crippen molar-refractivity contribution < 1.29 is 13.2 Å². The number of fused-ring (bicyclic) bond motifs is 1. The average molecular weight is 291 g/mol. The monoisotopic (exact) mass is 291 g/mol. The first-order chi connectivity index (χ1) is 9.55. The molecule has 0 unspecified atom stereocenters. The number of nitrogens with two attached hydrogens (primary N) is 1. The van der Waals surface area contributed by atoms with Crippen molar-refractivity contribution in [2.24, 2.45) is 5.14 Å². The first-order valence-electron chi connectivity index (χ1n) is 6.77. The van der Waals surface area contributed by atoms with E-state index in [-0.39, 0.29) is 11.0 Å². The van der Waals surface area contributed by atoms with Crippen molar-refractivity contribution in [1.82, 2.24) is 0 Å². The van der Waals surface area contributed by atoms with Gasteiger partial charge >= 0.3 is 0 Å². The van der Waals surface area contributed by atoms with Crippen molar-refractivity contribution in [3.8, 4) is 5.75 Å². The molecule has 0 heterocycles. The molecule has 20 heavy (non-hydrogen) atoms. The summed E-state index contributed by atoms with van der Waals surface area (Å²) in [4.78, 5) is 0.145. The van der Waals surface area contributed by atoms with Gasteiger partial charge in [-0.3, -0.25) is 0 Å². The van der Waals surface area contributed by atoms with E-state index in [1.807, 2.05) is 12.1 Å². The molecule has 0 spiro atoms. The zero-order valence-corrected chi connectivity index (χ0v) is 11.9. The fourth-order valence-electron chi connectivity index (χ4n) is 2.78. The van der Waals surface area contributed by atoms with Crippen LogP contribution in [0.4, 0.5) is 0 Å². The molecule has 5 heteroatoms. The van der Waals surface area contributed by atoms with Crippen LogP contribution in [0, 0.1) is 0 Å². The smallest absolute Gasteiger partial charge is 0.238 e. The molecule has 3 rings (SSSR count). The third-order valence-corrected chi connectivity index (χ3v) is 4.72. The Bertz CT molecular complexity index is 734. The molecule has 1 aliphatic rings. The topological polar surface area (TPSA) is 69.4 Å². The van der Waals surface area contributed by atoms with Gasteiger partial charge in [0.1, 0.15) is 5.75 Å². The van der Waals surface area contributed by atoms with Gasteiger partial charge in [0, 0.05) is 10.8 Å². The SMILES string of the molecule is NS(=O)(=O)c1ccc(OC2CCCC2)c2ccccc12. The Morgan fingerprint density at radius 1 is 1.00 bits per heavy atom. The molecule has 0 atom stereocenters. The van der Waals surface area contributed by atoms with E-state index in [0.29, 0.717) is 5.39 Å². The second-order valence-corrected chi connectivity index (χ2v) is 6.71. The van der Waals surface area contributed by atoms with Crippen LogP contribution in [-0.4, -0.2) is 14.5 Å². The van der Waals surface area contributed by atoms with Crippen molar-refractivity contribution in [2.75, 3.05) is 0 Å². The van der Waals surface area contributed by atoms with Gasteiger partial charge < -0.3 is 4.74 Å². The van der Waals surface area contributed by atoms with Gasteiger partial charge in [-0.25, -0.2) is 13.6 Å². The maximum Gasteiger partial charge on any atom is 0.238 e. The van der Waals surface area contributed by atoms with E-state index in [0.717, 1.165) is 24.0 Å². The van der Waals surface area contributed by atoms with E-state index in [4.69, 9.17) is 9.88 Å². The maximum atomic E-state index is 11.6. The molecule has 4 nitrogen and oxygen atoms in total. The molecular weight excluding hydrogens is 274 g/mol. The summed E-state index contributed by atoms with van der Waals surface area (Å²) >= 11 is 0. The average Bonchev–Trinajstić information content (AvgIpc) is 2.90. The van der Waals surface area contributed by atoms with Gasteiger partial charge in [0.15, 0.2) is 0 Å². The van der Waals surface area contributed by atoms with Crippen molar-refractivity contribution in [2.45, 2.75) is 36.7 Å². The second-order valence-electron chi connectivity index (χ2n) is 5.18. The number of sulfonamides is 1. The summed E-state index contributed by atoms with van der Waals surface area (Å²) in [6.07, 6.45) is 4.74. The summed E-state index contributed by atoms with van der Waals surface area (Å²) in [7, 11) is -3.73. The highest BCUT2D eigenvalue weighted by Crippen LogP contribution is 2.33. The van der Waals surface area contributed by atoms with E-state index < -0.39 is 10.0 Å². The summed E-state index contributed by atoms with van der Waals surface area (Å²) < 4.78 is 29.3. The van der Waals surface area contributed by atoms with Crippen LogP contribution in [0.2, 0.25) is 0 Å². The Labute approximate surface area is 118 Å². The van der Waals surface area contributed by atoms with Gasteiger partial charge in [-0.05, 0) is 37.8 Å². The van der Waals surface area contributed by atoms with Crippen LogP contribution >= 0.6 is 0 Å². The molecule has 0 aliphatic heterocycles. The van der Waals surface area contributed by atoms with Crippen molar-refractivity contribution >= 4 is 20.8 Å². The standard InChI is InChI=1S/C15H17NO3S/c16-20(17,18)15-10-9-14(19-11-5-1-2-6-11)12-7-3-4-8-13(12)15/h3-4,7-11H,1-2,5-6H2,(H2,16,17,18). The van der Waals surface area contributed by atoms with Gasteiger partial charge in [0.05, 0.1) is 11.0 Å². The number of hydrogen-bond acceptors (Lipinski definition) is 3. The third-order valence-electron chi connectivity index (χ3n) is 3.75. The highest BCUT2D eigenvalue weighted by atomic mass is 32.2. The fourth-order valence-corrected chi connectivity index (χ4v) is 3.52. The lowest BCUT2D eigenvalue weighted by Crippen LogP contribution is -2.14. The predicted octanol–water partition coefficient (Wildman–Crippen LogP) is 2.81. The van der Waals surface area contributed by atoms with Crippen molar-refractivity contribution in [1.29, 1.82) is 0 Å². The van der Waals surface area contributed by atoms with Gasteiger partial charge in [-0.15, -0.1) is 0 Å². The minimum Gasteiger partial charge on any atom is -0.490 e. The first kappa shape index (κ1) is 13.4. The molecule has 0 amide bonds. The van der Waals surface area contributed by atoms with Gasteiger partial charge in [-0.1, -0.05) is 24.3 Å². The summed E-state index contributed by atoms with van der Waals surface area (Å²) in [5.74, 6) is 0.736. The van der Waals surface area contributed by atoms with Crippen molar-refractivity contribution in [3.05, 3.63) is 36.4 Å². The molecule has 1 fully saturated rings. The summed E-state index contributed by atoms with van der Waals surface area (Å²) in [6, 6.07) is 10.5. The van der Waals surface area contributed by atoms with E-state index >= 15 is 0 Å². The Morgan fingerprint density at radius 2 is 1.65 bits per heavy atom. The van der Waals surface area contributed by atoms with E-state index in [1.165, 1.54) is 18.9 Å². The zero-order valence-electron chi connectivity index (χ0n) is 11.1. The first-order valence-corrected chi connectivity index (χ1v) is 8.31. The summed E-state index contributed by atoms with van der Waals surface area (Å²) in [5.41, 5.74) is 0. The van der Waals surface area contributed by atoms with E-state index in [9.17, 15) is 8.42 Å². The number of hydrogen-bond donors (Lipinski definition) is 1. The van der Waals surface area contributed by atoms with Crippen molar-refractivity contribution in [3.63, 3.8) is 0 Å². The molecule has 2 aromatic carbocycles. The molecule has 1 saturated carbocycles. The minimum absolute atomic E-state index is 0.145. The number of ether oxygens (including phenoxy) is 1. The van der Waals surface area contributed by atoms with Gasteiger partial charge in [-0.2, -0.15) is 0 Å². The van der Waals surface area contributed by atoms with Crippen LogP contribution in [0.25, 0.3) is 10.8 Å². The van der Waals surface area contributed by atoms with Crippen LogP contribution in [-0.2, 0) is 10.0 Å². The van der Waals surface area contributed by atoms with Crippen LogP contribution < -0.4 is 9.88 Å². The van der Waals surface area contributed by atoms with E-state index in [1.54, 1.807) is 18.2 Å². The summed E-state index contributed by atoms with van der Waals surface area (Å²) in [5, 5.41) is 6.68. The number of benzene rings is 2. The normalized spacial score (nSPS) is 16.6. The molecule has 0 saturated heterocycles. The Morgan fingerprint density at radius 3 is 2.30 bits per heavy atom.